The van der Waals surface area contributed by atoms with Crippen molar-refractivity contribution in [2.45, 2.75) is 23.7 Å². The number of carbonyl (C=O) groups excluding carboxylic acids is 1. The van der Waals surface area contributed by atoms with Crippen LogP contribution in [0.15, 0.2) is 53.6 Å². The monoisotopic (exact) mass is 307 g/mol. The highest BCUT2D eigenvalue weighted by atomic mass is 35.5. The lowest BCUT2D eigenvalue weighted by Gasteiger charge is -2.11. The van der Waals surface area contributed by atoms with Gasteiger partial charge in [-0.3, -0.25) is 4.79 Å². The summed E-state index contributed by atoms with van der Waals surface area (Å²) >= 11 is 7.17. The predicted molar refractivity (Wildman–Crippen MR) is 80.8 cm³/mol. The number of hydrogen-bond acceptors (Lipinski definition) is 4. The van der Waals surface area contributed by atoms with E-state index in [2.05, 4.69) is 4.98 Å². The number of aromatic nitrogens is 1. The van der Waals surface area contributed by atoms with E-state index >= 15 is 0 Å². The highest BCUT2D eigenvalue weighted by Crippen LogP contribution is 2.23. The standard InChI is InChI=1S/C15H14ClNO2S/c1-11(20-13-5-3-2-4-6-13)15(18)19-10-12-7-8-14(16)17-9-12/h2-9,11H,10H2,1H3. The van der Waals surface area contributed by atoms with E-state index in [1.54, 1.807) is 18.3 Å². The Labute approximate surface area is 127 Å². The Morgan fingerprint density at radius 2 is 2.05 bits per heavy atom. The molecule has 0 spiro atoms. The van der Waals surface area contributed by atoms with Gasteiger partial charge in [-0.1, -0.05) is 35.9 Å². The fraction of sp³-hybridized carbons (Fsp3) is 0.200. The quantitative estimate of drug-likeness (QED) is 0.476. The molecule has 0 saturated carbocycles. The van der Waals surface area contributed by atoms with Crippen LogP contribution in [0.25, 0.3) is 0 Å². The molecular formula is C15H14ClNO2S. The average Bonchev–Trinajstić information content (AvgIpc) is 2.47. The molecule has 0 radical (unpaired) electrons. The fourth-order valence-corrected chi connectivity index (χ4v) is 2.51. The minimum absolute atomic E-state index is 0.211. The summed E-state index contributed by atoms with van der Waals surface area (Å²) in [5.74, 6) is -0.242. The van der Waals surface area contributed by atoms with Crippen LogP contribution in [0.5, 0.6) is 0 Å². The lowest BCUT2D eigenvalue weighted by atomic mass is 10.3. The molecular weight excluding hydrogens is 294 g/mol. The van der Waals surface area contributed by atoms with Crippen molar-refractivity contribution in [1.29, 1.82) is 0 Å². The maximum absolute atomic E-state index is 11.9. The van der Waals surface area contributed by atoms with Crippen LogP contribution in [0.1, 0.15) is 12.5 Å². The van der Waals surface area contributed by atoms with E-state index in [4.69, 9.17) is 16.3 Å². The van der Waals surface area contributed by atoms with Crippen LogP contribution in [-0.2, 0) is 16.1 Å². The van der Waals surface area contributed by atoms with Gasteiger partial charge in [-0.2, -0.15) is 0 Å². The zero-order chi connectivity index (χ0) is 14.4. The fourth-order valence-electron chi connectivity index (χ4n) is 1.51. The summed E-state index contributed by atoms with van der Waals surface area (Å²) in [6.45, 7) is 2.04. The van der Waals surface area contributed by atoms with Crippen LogP contribution in [-0.4, -0.2) is 16.2 Å². The summed E-state index contributed by atoms with van der Waals surface area (Å²) in [6.07, 6.45) is 1.60. The van der Waals surface area contributed by atoms with Crippen LogP contribution in [0, 0.1) is 0 Å². The summed E-state index contributed by atoms with van der Waals surface area (Å²) in [5, 5.41) is 0.172. The second-order valence-corrected chi connectivity index (χ2v) is 5.97. The Morgan fingerprint density at radius 3 is 2.70 bits per heavy atom. The Balaban J connectivity index is 1.83. The maximum Gasteiger partial charge on any atom is 0.319 e. The molecule has 0 aliphatic rings. The molecule has 2 aromatic rings. The first-order chi connectivity index (χ1) is 9.65. The van der Waals surface area contributed by atoms with Crippen LogP contribution >= 0.6 is 23.4 Å². The zero-order valence-electron chi connectivity index (χ0n) is 11.0. The van der Waals surface area contributed by atoms with E-state index in [0.29, 0.717) is 5.15 Å². The number of rotatable bonds is 5. The lowest BCUT2D eigenvalue weighted by molar-refractivity contribution is -0.143. The molecule has 5 heteroatoms. The minimum Gasteiger partial charge on any atom is -0.460 e. The first-order valence-corrected chi connectivity index (χ1v) is 7.39. The van der Waals surface area contributed by atoms with E-state index in [1.165, 1.54) is 11.8 Å². The molecule has 1 aromatic heterocycles. The maximum atomic E-state index is 11.9. The zero-order valence-corrected chi connectivity index (χ0v) is 12.5. The van der Waals surface area contributed by atoms with Gasteiger partial charge in [0, 0.05) is 16.7 Å². The van der Waals surface area contributed by atoms with Crippen LogP contribution in [0.3, 0.4) is 0 Å². The topological polar surface area (TPSA) is 39.2 Å². The smallest absolute Gasteiger partial charge is 0.319 e. The number of thioether (sulfide) groups is 1. The minimum atomic E-state index is -0.252. The molecule has 1 aromatic carbocycles. The summed E-state index contributed by atoms with van der Waals surface area (Å²) in [5.41, 5.74) is 0.819. The van der Waals surface area contributed by atoms with Gasteiger partial charge in [-0.05, 0) is 25.1 Å². The molecule has 1 heterocycles. The van der Waals surface area contributed by atoms with Crippen molar-refractivity contribution in [3.05, 3.63) is 59.4 Å². The van der Waals surface area contributed by atoms with Crippen molar-refractivity contribution in [1.82, 2.24) is 4.98 Å². The average molecular weight is 308 g/mol. The number of halogens is 1. The van der Waals surface area contributed by atoms with Gasteiger partial charge in [-0.15, -0.1) is 11.8 Å². The van der Waals surface area contributed by atoms with Crippen LogP contribution in [0.4, 0.5) is 0 Å². The van der Waals surface area contributed by atoms with Gasteiger partial charge in [0.15, 0.2) is 0 Å². The highest BCUT2D eigenvalue weighted by molar-refractivity contribution is 8.00. The normalized spacial score (nSPS) is 11.9. The van der Waals surface area contributed by atoms with E-state index in [1.807, 2.05) is 37.3 Å². The molecule has 1 unspecified atom stereocenters. The third kappa shape index (κ3) is 4.54. The lowest BCUT2D eigenvalue weighted by Crippen LogP contribution is -2.16. The van der Waals surface area contributed by atoms with Crippen LogP contribution < -0.4 is 0 Å². The Hall–Kier alpha value is -1.52. The first kappa shape index (κ1) is 14.9. The number of benzene rings is 1. The largest absolute Gasteiger partial charge is 0.460 e. The molecule has 0 aliphatic heterocycles. The second-order valence-electron chi connectivity index (χ2n) is 4.17. The molecule has 2 rings (SSSR count). The van der Waals surface area contributed by atoms with Gasteiger partial charge in [0.1, 0.15) is 17.0 Å². The molecule has 0 bridgehead atoms. The molecule has 0 saturated heterocycles. The van der Waals surface area contributed by atoms with Gasteiger partial charge in [0.25, 0.3) is 0 Å². The van der Waals surface area contributed by atoms with E-state index in [0.717, 1.165) is 10.5 Å². The van der Waals surface area contributed by atoms with Crippen molar-refractivity contribution in [2.75, 3.05) is 0 Å². The number of pyridine rings is 1. The van der Waals surface area contributed by atoms with Crippen molar-refractivity contribution in [3.63, 3.8) is 0 Å². The van der Waals surface area contributed by atoms with E-state index in [-0.39, 0.29) is 17.8 Å². The molecule has 0 N–H and O–H groups in total. The third-order valence-electron chi connectivity index (χ3n) is 2.56. The summed E-state index contributed by atoms with van der Waals surface area (Å²) in [6, 6.07) is 13.2. The summed E-state index contributed by atoms with van der Waals surface area (Å²) in [4.78, 5) is 16.9. The number of nitrogens with zero attached hydrogens (tertiary/aromatic N) is 1. The number of carbonyl (C=O) groups is 1. The van der Waals surface area contributed by atoms with E-state index in [9.17, 15) is 4.79 Å². The Bertz CT molecular complexity index is 560. The third-order valence-corrected chi connectivity index (χ3v) is 3.87. The molecule has 104 valence electrons. The van der Waals surface area contributed by atoms with Crippen molar-refractivity contribution < 1.29 is 9.53 Å². The molecule has 1 atom stereocenters. The van der Waals surface area contributed by atoms with Crippen molar-refractivity contribution >= 4 is 29.3 Å². The Morgan fingerprint density at radius 1 is 1.30 bits per heavy atom. The van der Waals surface area contributed by atoms with Crippen molar-refractivity contribution in [3.8, 4) is 0 Å². The molecule has 20 heavy (non-hydrogen) atoms. The Kier molecular flexibility index (Phi) is 5.44. The summed E-state index contributed by atoms with van der Waals surface area (Å²) in [7, 11) is 0. The SMILES string of the molecule is CC(Sc1ccccc1)C(=O)OCc1ccc(Cl)nc1. The first-order valence-electron chi connectivity index (χ1n) is 6.14. The molecule has 3 nitrogen and oxygen atoms in total. The highest BCUT2D eigenvalue weighted by Gasteiger charge is 2.15. The van der Waals surface area contributed by atoms with Gasteiger partial charge >= 0.3 is 5.97 Å². The van der Waals surface area contributed by atoms with E-state index < -0.39 is 0 Å². The predicted octanol–water partition coefficient (Wildman–Crippen LogP) is 3.96. The second kappa shape index (κ2) is 7.31. The van der Waals surface area contributed by atoms with Gasteiger partial charge in [0.2, 0.25) is 0 Å². The van der Waals surface area contributed by atoms with Gasteiger partial charge in [-0.25, -0.2) is 4.98 Å². The molecule has 0 aliphatic carbocycles. The molecule has 0 amide bonds. The molecule has 0 fully saturated rings. The summed E-state index contributed by atoms with van der Waals surface area (Å²) < 4.78 is 5.26. The van der Waals surface area contributed by atoms with Crippen molar-refractivity contribution in [2.24, 2.45) is 0 Å². The number of hydrogen-bond donors (Lipinski definition) is 0. The van der Waals surface area contributed by atoms with Gasteiger partial charge < -0.3 is 4.74 Å². The van der Waals surface area contributed by atoms with Crippen LogP contribution in [0.2, 0.25) is 5.15 Å². The number of ether oxygens (including phenoxy) is 1. The number of esters is 1. The van der Waals surface area contributed by atoms with Gasteiger partial charge in [0.05, 0.1) is 0 Å².